The lowest BCUT2D eigenvalue weighted by Crippen LogP contribution is -2.74. The molecule has 1 fully saturated rings. The molecule has 1 saturated heterocycles. The number of carboxylic acids is 1. The van der Waals surface area contributed by atoms with Gasteiger partial charge in [0.05, 0.1) is 36.0 Å². The average molecular weight is 564 g/mol. The van der Waals surface area contributed by atoms with Crippen LogP contribution in [0.3, 0.4) is 0 Å². The molecule has 1 aromatic carbocycles. The Labute approximate surface area is 229 Å². The third-order valence-corrected chi connectivity index (χ3v) is 6.76. The van der Waals surface area contributed by atoms with Gasteiger partial charge in [0.2, 0.25) is 11.4 Å². The lowest BCUT2D eigenvalue weighted by Gasteiger charge is -2.42. The number of ketones is 3. The van der Waals surface area contributed by atoms with Crippen molar-refractivity contribution in [1.82, 2.24) is 9.80 Å². The molecule has 15 heteroatoms. The van der Waals surface area contributed by atoms with E-state index in [2.05, 4.69) is 0 Å². The molecule has 0 saturated carbocycles. The normalized spacial score (nSPS) is 17.4. The molecule has 6 N–H and O–H groups in total. The van der Waals surface area contributed by atoms with Gasteiger partial charge in [-0.1, -0.05) is 19.1 Å². The van der Waals surface area contributed by atoms with E-state index >= 15 is 0 Å². The molecule has 1 aromatic rings. The quantitative estimate of drug-likeness (QED) is 0.144. The number of nitrogens with zero attached hydrogens (tertiary/aromatic N) is 3. The van der Waals surface area contributed by atoms with Gasteiger partial charge in [-0.05, 0) is 32.3 Å². The number of nitro groups is 1. The van der Waals surface area contributed by atoms with Gasteiger partial charge in [0.1, 0.15) is 0 Å². The van der Waals surface area contributed by atoms with E-state index in [-0.39, 0.29) is 30.6 Å². The Balaban J connectivity index is 2.74. The highest BCUT2D eigenvalue weighted by Crippen LogP contribution is 2.33. The van der Waals surface area contributed by atoms with Gasteiger partial charge < -0.3 is 26.6 Å². The Morgan fingerprint density at radius 1 is 1.05 bits per heavy atom. The van der Waals surface area contributed by atoms with E-state index in [0.29, 0.717) is 4.90 Å². The molecule has 2 amide bonds. The molecule has 1 aliphatic rings. The van der Waals surface area contributed by atoms with Crippen LogP contribution in [0.15, 0.2) is 24.3 Å². The number of nitrogens with two attached hydrogens (primary N) is 2. The van der Waals surface area contributed by atoms with Gasteiger partial charge in [-0.3, -0.25) is 39.0 Å². The molecule has 0 radical (unpaired) electrons. The van der Waals surface area contributed by atoms with Gasteiger partial charge in [-0.15, -0.1) is 0 Å². The van der Waals surface area contributed by atoms with Crippen molar-refractivity contribution in [2.45, 2.75) is 70.2 Å². The lowest BCUT2D eigenvalue weighted by atomic mass is 9.74. The molecule has 0 aliphatic carbocycles. The minimum Gasteiger partial charge on any atom is -0.481 e. The summed E-state index contributed by atoms with van der Waals surface area (Å²) in [5.41, 5.74) is 8.42. The van der Waals surface area contributed by atoms with Gasteiger partial charge in [0, 0.05) is 24.6 Å². The van der Waals surface area contributed by atoms with Crippen molar-refractivity contribution in [3.05, 3.63) is 39.9 Å². The fourth-order valence-corrected chi connectivity index (χ4v) is 4.83. The van der Waals surface area contributed by atoms with Crippen molar-refractivity contribution < 1.29 is 43.9 Å². The fourth-order valence-electron chi connectivity index (χ4n) is 4.83. The number of nitro benzene ring substituents is 1. The number of carbonyl (C=O) groups is 6. The van der Waals surface area contributed by atoms with E-state index in [4.69, 9.17) is 16.6 Å². The van der Waals surface area contributed by atoms with Gasteiger partial charge in [-0.25, -0.2) is 4.79 Å². The summed E-state index contributed by atoms with van der Waals surface area (Å²) in [5.74, 6) is -6.77. The Morgan fingerprint density at radius 3 is 2.00 bits per heavy atom. The summed E-state index contributed by atoms with van der Waals surface area (Å²) in [6.45, 7) is 2.95. The van der Waals surface area contributed by atoms with Crippen molar-refractivity contribution in [3.8, 4) is 0 Å². The van der Waals surface area contributed by atoms with E-state index < -0.39 is 82.8 Å². The second-order valence-corrected chi connectivity index (χ2v) is 9.86. The summed E-state index contributed by atoms with van der Waals surface area (Å²) in [7, 11) is 0. The van der Waals surface area contributed by atoms with E-state index in [1.54, 1.807) is 0 Å². The maximum atomic E-state index is 14.3. The first kappa shape index (κ1) is 32.0. The molecule has 0 aromatic heterocycles. The van der Waals surface area contributed by atoms with Crippen molar-refractivity contribution in [3.63, 3.8) is 0 Å². The van der Waals surface area contributed by atoms with Crippen LogP contribution in [-0.2, 0) is 30.5 Å². The summed E-state index contributed by atoms with van der Waals surface area (Å²) in [6, 6.07) is 0.0719. The van der Waals surface area contributed by atoms with Crippen LogP contribution in [0.1, 0.15) is 45.6 Å². The molecular weight excluding hydrogens is 530 g/mol. The summed E-state index contributed by atoms with van der Waals surface area (Å²) >= 11 is 0. The monoisotopic (exact) mass is 563 g/mol. The van der Waals surface area contributed by atoms with Crippen molar-refractivity contribution in [2.24, 2.45) is 17.4 Å². The number of hydrogen-bond acceptors (Lipinski definition) is 10. The standard InChI is InChI=1S/C25H33N5O10/c1-13(11-19(31)32)23(36)28-10-4-5-18(28)22(35)25(20(33)14(2)26,21(34)15(3)27)29(24(37)38)12-16-6-8-17(9-7-16)30(39)40/h6-9,13-15,18H,4-5,10-12,26-27H2,1-3H3,(H,31,32)(H,37,38)/t13?,14-,15-,18-/m0/s1. The Bertz CT molecular complexity index is 1180. The summed E-state index contributed by atoms with van der Waals surface area (Å²) in [6.07, 6.45) is -2.17. The maximum Gasteiger partial charge on any atom is 0.409 e. The van der Waals surface area contributed by atoms with Crippen LogP contribution in [0.5, 0.6) is 0 Å². The van der Waals surface area contributed by atoms with Crippen LogP contribution in [0.4, 0.5) is 10.5 Å². The van der Waals surface area contributed by atoms with Crippen LogP contribution < -0.4 is 11.5 Å². The number of aliphatic carboxylic acids is 1. The summed E-state index contributed by atoms with van der Waals surface area (Å²) in [4.78, 5) is 90.5. The number of non-ortho nitro benzene ring substituents is 1. The summed E-state index contributed by atoms with van der Waals surface area (Å²) < 4.78 is 0. The minimum absolute atomic E-state index is 0.00341. The van der Waals surface area contributed by atoms with E-state index in [0.717, 1.165) is 30.9 Å². The molecule has 40 heavy (non-hydrogen) atoms. The summed E-state index contributed by atoms with van der Waals surface area (Å²) in [5, 5.41) is 30.4. The van der Waals surface area contributed by atoms with E-state index in [1.807, 2.05) is 0 Å². The molecule has 1 heterocycles. The van der Waals surface area contributed by atoms with Crippen LogP contribution in [0.2, 0.25) is 0 Å². The largest absolute Gasteiger partial charge is 0.481 e. The first-order valence-corrected chi connectivity index (χ1v) is 12.5. The molecule has 1 aliphatic heterocycles. The zero-order valence-corrected chi connectivity index (χ0v) is 22.3. The maximum absolute atomic E-state index is 14.3. The van der Waals surface area contributed by atoms with Crippen LogP contribution in [0.25, 0.3) is 0 Å². The number of carboxylic acid groups (broad SMARTS) is 2. The second-order valence-electron chi connectivity index (χ2n) is 9.86. The molecule has 1 unspecified atom stereocenters. The highest BCUT2D eigenvalue weighted by atomic mass is 16.6. The zero-order valence-electron chi connectivity index (χ0n) is 22.3. The first-order valence-electron chi connectivity index (χ1n) is 12.5. The average Bonchev–Trinajstić information content (AvgIpc) is 3.36. The van der Waals surface area contributed by atoms with Crippen molar-refractivity contribution >= 4 is 41.0 Å². The first-order chi connectivity index (χ1) is 18.6. The molecule has 4 atom stereocenters. The molecule has 15 nitrogen and oxygen atoms in total. The zero-order chi connectivity index (χ0) is 30.5. The second kappa shape index (κ2) is 12.7. The van der Waals surface area contributed by atoms with Crippen molar-refractivity contribution in [2.75, 3.05) is 6.54 Å². The van der Waals surface area contributed by atoms with Crippen LogP contribution in [0, 0.1) is 16.0 Å². The van der Waals surface area contributed by atoms with Crippen LogP contribution in [-0.4, -0.2) is 90.5 Å². The van der Waals surface area contributed by atoms with Gasteiger partial charge in [0.15, 0.2) is 17.3 Å². The third kappa shape index (κ3) is 6.31. The minimum atomic E-state index is -3.07. The predicted molar refractivity (Wildman–Crippen MR) is 138 cm³/mol. The number of amides is 2. The number of hydrogen-bond donors (Lipinski definition) is 4. The highest BCUT2D eigenvalue weighted by Gasteiger charge is 2.62. The highest BCUT2D eigenvalue weighted by molar-refractivity contribution is 6.33. The molecule has 218 valence electrons. The van der Waals surface area contributed by atoms with Crippen molar-refractivity contribution in [1.29, 1.82) is 0 Å². The van der Waals surface area contributed by atoms with Gasteiger partial charge in [0.25, 0.3) is 5.69 Å². The molecule has 2 rings (SSSR count). The molecule has 0 bridgehead atoms. The number of benzene rings is 1. The molecular formula is C25H33N5O10. The smallest absolute Gasteiger partial charge is 0.409 e. The van der Waals surface area contributed by atoms with Gasteiger partial charge >= 0.3 is 12.1 Å². The third-order valence-electron chi connectivity index (χ3n) is 6.76. The van der Waals surface area contributed by atoms with Crippen LogP contribution >= 0.6 is 0 Å². The number of rotatable bonds is 13. The van der Waals surface area contributed by atoms with E-state index in [1.165, 1.54) is 19.1 Å². The predicted octanol–water partition coefficient (Wildman–Crippen LogP) is 0.317. The Hall–Kier alpha value is -4.24. The Morgan fingerprint density at radius 2 is 1.57 bits per heavy atom. The van der Waals surface area contributed by atoms with E-state index in [9.17, 15) is 44.0 Å². The number of carbonyl (C=O) groups excluding carboxylic acids is 4. The fraction of sp³-hybridized carbons (Fsp3) is 0.520. The number of likely N-dealkylation sites (tertiary alicyclic amines) is 1. The number of Topliss-reactive ketones (excluding diaryl/α,β-unsaturated/α-hetero) is 3. The van der Waals surface area contributed by atoms with Gasteiger partial charge in [-0.2, -0.15) is 0 Å². The molecule has 0 spiro atoms. The topological polar surface area (TPSA) is 245 Å². The lowest BCUT2D eigenvalue weighted by molar-refractivity contribution is -0.384. The SMILES string of the molecule is CC(CC(=O)O)C(=O)N1CCC[C@H]1C(=O)C(C(=O)[C@H](C)N)(C(=O)[C@H](C)N)N(Cc1ccc([N+](=O)[O-])cc1)C(=O)O. The Kier molecular flexibility index (Phi) is 10.2.